The van der Waals surface area contributed by atoms with E-state index >= 15 is 0 Å². The van der Waals surface area contributed by atoms with E-state index in [9.17, 15) is 18.4 Å². The molecule has 0 aliphatic rings. The first kappa shape index (κ1) is 18.0. The average Bonchev–Trinajstić information content (AvgIpc) is 3.34. The first-order valence-electron chi connectivity index (χ1n) is 9.16. The molecule has 0 aliphatic carbocycles. The van der Waals surface area contributed by atoms with E-state index in [0.29, 0.717) is 11.2 Å². The monoisotopic (exact) mass is 404 g/mol. The van der Waals surface area contributed by atoms with Crippen molar-refractivity contribution in [1.29, 1.82) is 0 Å². The van der Waals surface area contributed by atoms with E-state index in [2.05, 4.69) is 15.0 Å². The van der Waals surface area contributed by atoms with Crippen LogP contribution in [0.3, 0.4) is 0 Å². The summed E-state index contributed by atoms with van der Waals surface area (Å²) < 4.78 is 29.5. The van der Waals surface area contributed by atoms with Crippen molar-refractivity contribution in [2.45, 2.75) is 6.54 Å². The number of para-hydroxylation sites is 2. The predicted octanol–water partition coefficient (Wildman–Crippen LogP) is 3.76. The number of aromatic amines is 2. The average molecular weight is 404 g/mol. The molecule has 2 aromatic carbocycles. The van der Waals surface area contributed by atoms with Crippen LogP contribution in [0.2, 0.25) is 0 Å². The molecule has 8 heteroatoms. The van der Waals surface area contributed by atoms with Gasteiger partial charge in [-0.2, -0.15) is 0 Å². The second-order valence-electron chi connectivity index (χ2n) is 6.87. The van der Waals surface area contributed by atoms with Gasteiger partial charge in [0.2, 0.25) is 5.78 Å². The predicted molar refractivity (Wildman–Crippen MR) is 108 cm³/mol. The number of hydrogen-bond donors (Lipinski definition) is 2. The maximum absolute atomic E-state index is 14.0. The first-order chi connectivity index (χ1) is 14.5. The van der Waals surface area contributed by atoms with Gasteiger partial charge in [0, 0.05) is 23.3 Å². The zero-order valence-corrected chi connectivity index (χ0v) is 15.4. The Kier molecular flexibility index (Phi) is 4.06. The number of carbonyl (C=O) groups is 1. The highest BCUT2D eigenvalue weighted by atomic mass is 19.1. The van der Waals surface area contributed by atoms with Crippen LogP contribution >= 0.6 is 0 Å². The number of hydrogen-bond acceptors (Lipinski definition) is 3. The Labute approximate surface area is 167 Å². The minimum atomic E-state index is -0.951. The second kappa shape index (κ2) is 6.77. The molecule has 0 aliphatic heterocycles. The topological polar surface area (TPSA) is 83.5 Å². The summed E-state index contributed by atoms with van der Waals surface area (Å²) in [5.74, 6) is -2.12. The molecule has 5 rings (SSSR count). The quantitative estimate of drug-likeness (QED) is 0.448. The van der Waals surface area contributed by atoms with Gasteiger partial charge in [-0.05, 0) is 30.3 Å². The van der Waals surface area contributed by atoms with Gasteiger partial charge in [-0.1, -0.05) is 18.2 Å². The zero-order chi connectivity index (χ0) is 20.8. The molecule has 6 nitrogen and oxygen atoms in total. The van der Waals surface area contributed by atoms with E-state index in [-0.39, 0.29) is 23.2 Å². The van der Waals surface area contributed by atoms with Gasteiger partial charge in [-0.3, -0.25) is 9.59 Å². The standard InChI is InChI=1S/C22H14F2N4O2/c23-14-4-3-5-15(24)19(14)21(29)13-10-25-20-12(13)8-9-28(22(20)30)11-18-26-16-6-1-2-7-17(16)27-18/h1-10,25H,11H2,(H,26,27). The number of benzene rings is 2. The van der Waals surface area contributed by atoms with E-state index in [1.54, 1.807) is 6.07 Å². The van der Waals surface area contributed by atoms with Gasteiger partial charge in [-0.15, -0.1) is 0 Å². The largest absolute Gasteiger partial charge is 0.356 e. The highest BCUT2D eigenvalue weighted by Crippen LogP contribution is 2.22. The maximum Gasteiger partial charge on any atom is 0.275 e. The molecular weight excluding hydrogens is 390 g/mol. The molecule has 0 atom stereocenters. The summed E-state index contributed by atoms with van der Waals surface area (Å²) in [4.78, 5) is 36.0. The summed E-state index contributed by atoms with van der Waals surface area (Å²) in [5, 5.41) is 0.300. The van der Waals surface area contributed by atoms with E-state index in [4.69, 9.17) is 0 Å². The smallest absolute Gasteiger partial charge is 0.275 e. The van der Waals surface area contributed by atoms with E-state index < -0.39 is 23.0 Å². The van der Waals surface area contributed by atoms with Crippen LogP contribution in [0.15, 0.2) is 65.7 Å². The number of fused-ring (bicyclic) bond motifs is 2. The van der Waals surface area contributed by atoms with Crippen molar-refractivity contribution in [2.75, 3.05) is 0 Å². The first-order valence-corrected chi connectivity index (χ1v) is 9.16. The molecule has 0 spiro atoms. The third kappa shape index (κ3) is 2.81. The van der Waals surface area contributed by atoms with E-state index in [0.717, 1.165) is 23.2 Å². The number of nitrogens with zero attached hydrogens (tertiary/aromatic N) is 2. The van der Waals surface area contributed by atoms with Gasteiger partial charge in [0.05, 0.1) is 23.1 Å². The Hall–Kier alpha value is -4.07. The summed E-state index contributed by atoms with van der Waals surface area (Å²) in [6.07, 6.45) is 2.83. The molecule has 3 heterocycles. The Morgan fingerprint density at radius 1 is 1.03 bits per heavy atom. The number of halogens is 2. The van der Waals surface area contributed by atoms with Crippen LogP contribution in [0, 0.1) is 11.6 Å². The molecule has 148 valence electrons. The molecule has 3 aromatic heterocycles. The summed E-state index contributed by atoms with van der Waals surface area (Å²) in [6, 6.07) is 12.3. The normalized spacial score (nSPS) is 11.4. The maximum atomic E-state index is 14.0. The van der Waals surface area contributed by atoms with Gasteiger partial charge in [0.15, 0.2) is 0 Å². The van der Waals surface area contributed by atoms with Crippen molar-refractivity contribution in [3.05, 3.63) is 99.9 Å². The molecule has 5 aromatic rings. The lowest BCUT2D eigenvalue weighted by molar-refractivity contribution is 0.103. The number of pyridine rings is 1. The number of carbonyl (C=O) groups excluding carboxylic acids is 1. The third-order valence-electron chi connectivity index (χ3n) is 5.01. The summed E-state index contributed by atoms with van der Waals surface area (Å²) in [7, 11) is 0. The van der Waals surface area contributed by atoms with Crippen molar-refractivity contribution in [1.82, 2.24) is 19.5 Å². The van der Waals surface area contributed by atoms with Gasteiger partial charge in [-0.25, -0.2) is 13.8 Å². The van der Waals surface area contributed by atoms with Crippen LogP contribution in [-0.2, 0) is 6.54 Å². The molecule has 0 saturated heterocycles. The zero-order valence-electron chi connectivity index (χ0n) is 15.4. The van der Waals surface area contributed by atoms with Gasteiger partial charge >= 0.3 is 0 Å². The SMILES string of the molecule is O=C(c1c(F)cccc1F)c1c[nH]c2c(=O)n(Cc3nc4ccccc4[nH]3)ccc12. The number of H-pyrrole nitrogens is 2. The lowest BCUT2D eigenvalue weighted by Gasteiger charge is -2.05. The minimum Gasteiger partial charge on any atom is -0.356 e. The van der Waals surface area contributed by atoms with Crippen LogP contribution in [0.4, 0.5) is 8.78 Å². The molecule has 0 fully saturated rings. The fourth-order valence-corrected chi connectivity index (χ4v) is 3.56. The Morgan fingerprint density at radius 3 is 2.57 bits per heavy atom. The molecule has 0 bridgehead atoms. The molecule has 30 heavy (non-hydrogen) atoms. The molecule has 0 saturated carbocycles. The van der Waals surface area contributed by atoms with Crippen LogP contribution < -0.4 is 5.56 Å². The molecule has 0 radical (unpaired) electrons. The lowest BCUT2D eigenvalue weighted by Crippen LogP contribution is -2.20. The Bertz CT molecular complexity index is 1440. The van der Waals surface area contributed by atoms with Crippen LogP contribution in [0.5, 0.6) is 0 Å². The molecule has 2 N–H and O–H groups in total. The van der Waals surface area contributed by atoms with Crippen LogP contribution in [-0.4, -0.2) is 25.3 Å². The van der Waals surface area contributed by atoms with Gasteiger partial charge in [0.1, 0.15) is 23.0 Å². The number of rotatable bonds is 4. The molecule has 0 unspecified atom stereocenters. The number of ketones is 1. The summed E-state index contributed by atoms with van der Waals surface area (Å²) in [5.41, 5.74) is 0.837. The molecule has 0 amide bonds. The highest BCUT2D eigenvalue weighted by Gasteiger charge is 2.22. The van der Waals surface area contributed by atoms with Crippen molar-refractivity contribution in [2.24, 2.45) is 0 Å². The molecular formula is C22H14F2N4O2. The second-order valence-corrected chi connectivity index (χ2v) is 6.87. The van der Waals surface area contributed by atoms with Crippen molar-refractivity contribution in [3.8, 4) is 0 Å². The highest BCUT2D eigenvalue weighted by molar-refractivity contribution is 6.16. The summed E-state index contributed by atoms with van der Waals surface area (Å²) >= 11 is 0. The number of imidazole rings is 1. The fraction of sp³-hybridized carbons (Fsp3) is 0.0455. The van der Waals surface area contributed by atoms with Crippen molar-refractivity contribution < 1.29 is 13.6 Å². The Balaban J connectivity index is 1.55. The summed E-state index contributed by atoms with van der Waals surface area (Å²) in [6.45, 7) is 0.202. The van der Waals surface area contributed by atoms with Crippen molar-refractivity contribution >= 4 is 27.7 Å². The van der Waals surface area contributed by atoms with Gasteiger partial charge < -0.3 is 14.5 Å². The Morgan fingerprint density at radius 2 is 1.80 bits per heavy atom. The van der Waals surface area contributed by atoms with E-state index in [1.807, 2.05) is 24.3 Å². The van der Waals surface area contributed by atoms with E-state index in [1.165, 1.54) is 23.0 Å². The van der Waals surface area contributed by atoms with Crippen LogP contribution in [0.25, 0.3) is 21.9 Å². The number of nitrogens with one attached hydrogen (secondary N) is 2. The third-order valence-corrected chi connectivity index (χ3v) is 5.01. The fourth-order valence-electron chi connectivity index (χ4n) is 3.56. The van der Waals surface area contributed by atoms with Crippen molar-refractivity contribution in [3.63, 3.8) is 0 Å². The van der Waals surface area contributed by atoms with Crippen LogP contribution in [0.1, 0.15) is 21.7 Å². The number of aromatic nitrogens is 4. The lowest BCUT2D eigenvalue weighted by atomic mass is 10.0. The van der Waals surface area contributed by atoms with Gasteiger partial charge in [0.25, 0.3) is 5.56 Å². The minimum absolute atomic E-state index is 0.0296.